The van der Waals surface area contributed by atoms with Crippen LogP contribution >= 0.6 is 22.6 Å². The molecule has 1 amide bonds. The number of ether oxygens (including phenoxy) is 1. The van der Waals surface area contributed by atoms with E-state index in [2.05, 4.69) is 10.3 Å². The smallest absolute Gasteiger partial charge is 0.412 e. The summed E-state index contributed by atoms with van der Waals surface area (Å²) in [5.41, 5.74) is 0.132. The van der Waals surface area contributed by atoms with Gasteiger partial charge in [0.2, 0.25) is 0 Å². The van der Waals surface area contributed by atoms with Crippen molar-refractivity contribution in [1.29, 1.82) is 0 Å². The zero-order valence-corrected chi connectivity index (χ0v) is 11.9. The van der Waals surface area contributed by atoms with E-state index in [9.17, 15) is 9.59 Å². The summed E-state index contributed by atoms with van der Waals surface area (Å²) in [5.74, 6) is 0. The van der Waals surface area contributed by atoms with Crippen LogP contribution in [0.2, 0.25) is 0 Å². The van der Waals surface area contributed by atoms with Crippen LogP contribution in [0.3, 0.4) is 0 Å². The number of anilines is 1. The average Bonchev–Trinajstić information content (AvgIpc) is 2.17. The molecule has 0 radical (unpaired) electrons. The SMILES string of the molecule is CC(C)(C)OC(=O)Nc1cnc(I)cc1C=O. The molecule has 1 aromatic rings. The van der Waals surface area contributed by atoms with Crippen molar-refractivity contribution >= 4 is 40.7 Å². The zero-order chi connectivity index (χ0) is 13.1. The van der Waals surface area contributed by atoms with Gasteiger partial charge in [-0.15, -0.1) is 0 Å². The third-order valence-corrected chi connectivity index (χ3v) is 2.26. The molecular formula is C11H13IN2O3. The van der Waals surface area contributed by atoms with Crippen molar-refractivity contribution in [3.63, 3.8) is 0 Å². The molecule has 0 aliphatic rings. The van der Waals surface area contributed by atoms with Crippen LogP contribution in [0, 0.1) is 3.70 Å². The highest BCUT2D eigenvalue weighted by atomic mass is 127. The summed E-state index contributed by atoms with van der Waals surface area (Å²) in [7, 11) is 0. The Labute approximate surface area is 113 Å². The first-order valence-electron chi connectivity index (χ1n) is 4.92. The van der Waals surface area contributed by atoms with Crippen LogP contribution in [0.15, 0.2) is 12.3 Å². The summed E-state index contributed by atoms with van der Waals surface area (Å²) in [4.78, 5) is 26.3. The average molecular weight is 348 g/mol. The van der Waals surface area contributed by atoms with Crippen LogP contribution in [0.5, 0.6) is 0 Å². The Kier molecular flexibility index (Phi) is 4.44. The van der Waals surface area contributed by atoms with Gasteiger partial charge in [-0.25, -0.2) is 9.78 Å². The summed E-state index contributed by atoms with van der Waals surface area (Å²) in [6, 6.07) is 1.58. The fourth-order valence-electron chi connectivity index (χ4n) is 1.06. The second-order valence-corrected chi connectivity index (χ2v) is 5.44. The largest absolute Gasteiger partial charge is 0.444 e. The van der Waals surface area contributed by atoms with Crippen molar-refractivity contribution in [2.75, 3.05) is 5.32 Å². The van der Waals surface area contributed by atoms with Crippen LogP contribution in [0.25, 0.3) is 0 Å². The van der Waals surface area contributed by atoms with Crippen molar-refractivity contribution < 1.29 is 14.3 Å². The number of halogens is 1. The Morgan fingerprint density at radius 2 is 2.18 bits per heavy atom. The maximum atomic E-state index is 11.5. The highest BCUT2D eigenvalue weighted by molar-refractivity contribution is 14.1. The highest BCUT2D eigenvalue weighted by Crippen LogP contribution is 2.16. The van der Waals surface area contributed by atoms with E-state index in [0.29, 0.717) is 21.2 Å². The normalized spacial score (nSPS) is 10.8. The van der Waals surface area contributed by atoms with Crippen LogP contribution in [-0.4, -0.2) is 23.0 Å². The van der Waals surface area contributed by atoms with Gasteiger partial charge in [-0.05, 0) is 49.4 Å². The van der Waals surface area contributed by atoms with Crippen molar-refractivity contribution in [2.45, 2.75) is 26.4 Å². The van der Waals surface area contributed by atoms with E-state index < -0.39 is 11.7 Å². The molecule has 0 saturated carbocycles. The summed E-state index contributed by atoms with van der Waals surface area (Å²) in [6.07, 6.45) is 1.48. The predicted octanol–water partition coefficient (Wildman–Crippen LogP) is 2.85. The Balaban J connectivity index is 2.81. The first-order chi connectivity index (χ1) is 7.81. The number of rotatable bonds is 2. The van der Waals surface area contributed by atoms with Crippen molar-refractivity contribution in [1.82, 2.24) is 4.98 Å². The van der Waals surface area contributed by atoms with Gasteiger partial charge in [0, 0.05) is 5.56 Å². The van der Waals surface area contributed by atoms with Gasteiger partial charge in [0.1, 0.15) is 9.30 Å². The Hall–Kier alpha value is -1.18. The van der Waals surface area contributed by atoms with E-state index in [1.807, 2.05) is 22.6 Å². The number of nitrogens with zero attached hydrogens (tertiary/aromatic N) is 1. The molecule has 0 aliphatic heterocycles. The van der Waals surface area contributed by atoms with Gasteiger partial charge in [-0.1, -0.05) is 0 Å². The fraction of sp³-hybridized carbons (Fsp3) is 0.364. The predicted molar refractivity (Wildman–Crippen MR) is 72.2 cm³/mol. The molecule has 1 heterocycles. The van der Waals surface area contributed by atoms with E-state index in [1.54, 1.807) is 26.8 Å². The number of pyridine rings is 1. The summed E-state index contributed by atoms with van der Waals surface area (Å²) >= 11 is 1.99. The first kappa shape index (κ1) is 13.9. The number of hydrogen-bond donors (Lipinski definition) is 1. The lowest BCUT2D eigenvalue weighted by atomic mass is 10.2. The number of carbonyl (C=O) groups is 2. The lowest BCUT2D eigenvalue weighted by Gasteiger charge is -2.19. The van der Waals surface area contributed by atoms with Gasteiger partial charge in [-0.3, -0.25) is 10.1 Å². The maximum absolute atomic E-state index is 11.5. The minimum absolute atomic E-state index is 0.342. The van der Waals surface area contributed by atoms with Gasteiger partial charge in [0.05, 0.1) is 11.9 Å². The van der Waals surface area contributed by atoms with E-state index in [1.165, 1.54) is 6.20 Å². The van der Waals surface area contributed by atoms with Gasteiger partial charge in [-0.2, -0.15) is 0 Å². The van der Waals surface area contributed by atoms with E-state index >= 15 is 0 Å². The second kappa shape index (κ2) is 5.44. The number of carbonyl (C=O) groups excluding carboxylic acids is 2. The Morgan fingerprint density at radius 3 is 2.71 bits per heavy atom. The van der Waals surface area contributed by atoms with Crippen LogP contribution < -0.4 is 5.32 Å². The third kappa shape index (κ3) is 4.68. The van der Waals surface area contributed by atoms with Gasteiger partial charge >= 0.3 is 6.09 Å². The van der Waals surface area contributed by atoms with E-state index in [4.69, 9.17) is 4.74 Å². The summed E-state index contributed by atoms with van der Waals surface area (Å²) in [5, 5.41) is 2.49. The molecule has 0 atom stereocenters. The Morgan fingerprint density at radius 1 is 1.53 bits per heavy atom. The fourth-order valence-corrected chi connectivity index (χ4v) is 1.53. The quantitative estimate of drug-likeness (QED) is 0.507. The second-order valence-electron chi connectivity index (χ2n) is 4.34. The van der Waals surface area contributed by atoms with E-state index in [-0.39, 0.29) is 0 Å². The third-order valence-electron chi connectivity index (χ3n) is 1.67. The molecule has 1 rings (SSSR count). The molecule has 1 aromatic heterocycles. The molecule has 0 aliphatic carbocycles. The molecular weight excluding hydrogens is 335 g/mol. The van der Waals surface area contributed by atoms with Gasteiger partial charge in [0.25, 0.3) is 0 Å². The van der Waals surface area contributed by atoms with E-state index in [0.717, 1.165) is 0 Å². The first-order valence-corrected chi connectivity index (χ1v) is 6.00. The van der Waals surface area contributed by atoms with Crippen LogP contribution in [0.4, 0.5) is 10.5 Å². The summed E-state index contributed by atoms with van der Waals surface area (Å²) < 4.78 is 5.76. The van der Waals surface area contributed by atoms with Crippen LogP contribution in [0.1, 0.15) is 31.1 Å². The maximum Gasteiger partial charge on any atom is 0.412 e. The summed E-state index contributed by atoms with van der Waals surface area (Å²) in [6.45, 7) is 5.29. The van der Waals surface area contributed by atoms with Crippen molar-refractivity contribution in [3.8, 4) is 0 Å². The molecule has 0 saturated heterocycles. The molecule has 5 nitrogen and oxygen atoms in total. The molecule has 17 heavy (non-hydrogen) atoms. The molecule has 1 N–H and O–H groups in total. The number of amides is 1. The lowest BCUT2D eigenvalue weighted by Crippen LogP contribution is -2.27. The number of nitrogens with one attached hydrogen (secondary N) is 1. The molecule has 6 heteroatoms. The number of aromatic nitrogens is 1. The van der Waals surface area contributed by atoms with Crippen molar-refractivity contribution in [2.24, 2.45) is 0 Å². The monoisotopic (exact) mass is 348 g/mol. The topological polar surface area (TPSA) is 68.3 Å². The standard InChI is InChI=1S/C11H13IN2O3/c1-11(2,3)17-10(16)14-8-5-13-9(12)4-7(8)6-15/h4-6H,1-3H3,(H,14,16). The molecule has 0 fully saturated rings. The van der Waals surface area contributed by atoms with Gasteiger partial charge in [0.15, 0.2) is 6.29 Å². The highest BCUT2D eigenvalue weighted by Gasteiger charge is 2.17. The minimum Gasteiger partial charge on any atom is -0.444 e. The van der Waals surface area contributed by atoms with Crippen molar-refractivity contribution in [3.05, 3.63) is 21.5 Å². The number of hydrogen-bond acceptors (Lipinski definition) is 4. The van der Waals surface area contributed by atoms with Gasteiger partial charge < -0.3 is 4.74 Å². The van der Waals surface area contributed by atoms with Crippen LogP contribution in [-0.2, 0) is 4.74 Å². The molecule has 0 aromatic carbocycles. The number of aldehydes is 1. The molecule has 0 bridgehead atoms. The lowest BCUT2D eigenvalue weighted by molar-refractivity contribution is 0.0636. The minimum atomic E-state index is -0.608. The Bertz CT molecular complexity index is 441. The molecule has 0 unspecified atom stereocenters. The zero-order valence-electron chi connectivity index (χ0n) is 9.78. The molecule has 0 spiro atoms. The molecule has 92 valence electrons.